The van der Waals surface area contributed by atoms with Crippen molar-refractivity contribution in [1.82, 2.24) is 9.38 Å². The van der Waals surface area contributed by atoms with Gasteiger partial charge in [0.1, 0.15) is 0 Å². The first-order valence-electron chi connectivity index (χ1n) is 11.1. The van der Waals surface area contributed by atoms with Gasteiger partial charge in [-0.3, -0.25) is 9.20 Å². The maximum atomic E-state index is 13.3. The van der Waals surface area contributed by atoms with E-state index >= 15 is 0 Å². The molecular weight excluding hydrogens is 446 g/mol. The first-order chi connectivity index (χ1) is 16.7. The molecule has 6 nitrogen and oxygen atoms in total. The van der Waals surface area contributed by atoms with Gasteiger partial charge in [-0.05, 0) is 42.3 Å². The molecule has 0 amide bonds. The molecule has 0 saturated carbocycles. The molecule has 2 aromatic heterocycles. The molecule has 0 aliphatic heterocycles. The molecule has 0 atom stereocenters. The van der Waals surface area contributed by atoms with Crippen molar-refractivity contribution in [3.8, 4) is 28.7 Å². The predicted octanol–water partition coefficient (Wildman–Crippen LogP) is 6.04. The summed E-state index contributed by atoms with van der Waals surface area (Å²) in [4.78, 5) is 18.7. The van der Waals surface area contributed by atoms with Crippen LogP contribution in [0.15, 0.2) is 58.8 Å². The van der Waals surface area contributed by atoms with Gasteiger partial charge in [0.15, 0.2) is 16.5 Å². The standard InChI is InChI=1S/C27H25N3O3S/c1-3-4-5-16-33-25-21(7-6-8-23(25)32-2)13-14-22-24(20-11-9-19(18-28)10-12-20)26(31)30-15-17-34-27(30)29-22/h6-15,17H,3-5,16H2,1-2H3. The third kappa shape index (κ3) is 4.87. The highest BCUT2D eigenvalue weighted by Gasteiger charge is 2.15. The van der Waals surface area contributed by atoms with Crippen LogP contribution in [0, 0.1) is 11.3 Å². The summed E-state index contributed by atoms with van der Waals surface area (Å²) < 4.78 is 13.1. The molecule has 4 aromatic rings. The van der Waals surface area contributed by atoms with Crippen molar-refractivity contribution < 1.29 is 9.47 Å². The van der Waals surface area contributed by atoms with E-state index in [4.69, 9.17) is 19.7 Å². The van der Waals surface area contributed by atoms with Crippen LogP contribution >= 0.6 is 11.3 Å². The topological polar surface area (TPSA) is 76.6 Å². The van der Waals surface area contributed by atoms with Crippen LogP contribution in [0.2, 0.25) is 0 Å². The van der Waals surface area contributed by atoms with Gasteiger partial charge in [0.25, 0.3) is 5.56 Å². The zero-order valence-electron chi connectivity index (χ0n) is 19.2. The SMILES string of the molecule is CCCCCOc1c(C=Cc2nc3sccn3c(=O)c2-c2ccc(C#N)cc2)cccc1OC. The van der Waals surface area contributed by atoms with Gasteiger partial charge in [0, 0.05) is 17.1 Å². The number of rotatable bonds is 9. The lowest BCUT2D eigenvalue weighted by atomic mass is 10.0. The smallest absolute Gasteiger partial charge is 0.266 e. The molecule has 2 aromatic carbocycles. The second-order valence-electron chi connectivity index (χ2n) is 7.69. The number of ether oxygens (including phenoxy) is 2. The summed E-state index contributed by atoms with van der Waals surface area (Å²) in [5, 5.41) is 11.0. The number of hydrogen-bond donors (Lipinski definition) is 0. The minimum Gasteiger partial charge on any atom is -0.493 e. The summed E-state index contributed by atoms with van der Waals surface area (Å²) in [5.74, 6) is 1.33. The number of hydrogen-bond acceptors (Lipinski definition) is 6. The van der Waals surface area contributed by atoms with E-state index in [1.165, 1.54) is 11.3 Å². The van der Waals surface area contributed by atoms with Crippen molar-refractivity contribution >= 4 is 28.4 Å². The quantitative estimate of drug-likeness (QED) is 0.278. The number of methoxy groups -OCH3 is 1. The van der Waals surface area contributed by atoms with E-state index < -0.39 is 0 Å². The Morgan fingerprint density at radius 3 is 2.71 bits per heavy atom. The van der Waals surface area contributed by atoms with Crippen LogP contribution in [0.4, 0.5) is 0 Å². The molecule has 0 radical (unpaired) electrons. The molecule has 0 aliphatic rings. The van der Waals surface area contributed by atoms with E-state index in [1.54, 1.807) is 42.0 Å². The number of unbranched alkanes of at least 4 members (excludes halogenated alkanes) is 2. The van der Waals surface area contributed by atoms with E-state index in [0.29, 0.717) is 45.5 Å². The van der Waals surface area contributed by atoms with Crippen LogP contribution < -0.4 is 15.0 Å². The lowest BCUT2D eigenvalue weighted by Crippen LogP contribution is -2.17. The van der Waals surface area contributed by atoms with Crippen molar-refractivity contribution in [2.75, 3.05) is 13.7 Å². The lowest BCUT2D eigenvalue weighted by molar-refractivity contribution is 0.285. The third-order valence-electron chi connectivity index (χ3n) is 5.44. The second-order valence-corrected chi connectivity index (χ2v) is 8.56. The molecular formula is C27H25N3O3S. The second kappa shape index (κ2) is 10.8. The van der Waals surface area contributed by atoms with Crippen LogP contribution in [-0.2, 0) is 0 Å². The van der Waals surface area contributed by atoms with Gasteiger partial charge in [0.2, 0.25) is 0 Å². The van der Waals surface area contributed by atoms with E-state index in [-0.39, 0.29) is 5.56 Å². The maximum Gasteiger partial charge on any atom is 0.266 e. The van der Waals surface area contributed by atoms with Crippen LogP contribution in [0.1, 0.15) is 43.0 Å². The zero-order valence-corrected chi connectivity index (χ0v) is 20.0. The van der Waals surface area contributed by atoms with Crippen molar-refractivity contribution in [2.24, 2.45) is 0 Å². The van der Waals surface area contributed by atoms with Gasteiger partial charge >= 0.3 is 0 Å². The normalized spacial score (nSPS) is 11.1. The summed E-state index contributed by atoms with van der Waals surface area (Å²) in [7, 11) is 1.62. The predicted molar refractivity (Wildman–Crippen MR) is 136 cm³/mol. The molecule has 2 heterocycles. The fraction of sp³-hybridized carbons (Fsp3) is 0.222. The van der Waals surface area contributed by atoms with Gasteiger partial charge in [-0.15, -0.1) is 11.3 Å². The van der Waals surface area contributed by atoms with Crippen LogP contribution in [0.3, 0.4) is 0 Å². The minimum absolute atomic E-state index is 0.155. The van der Waals surface area contributed by atoms with Crippen LogP contribution in [-0.4, -0.2) is 23.1 Å². The number of thiazole rings is 1. The molecule has 7 heteroatoms. The van der Waals surface area contributed by atoms with E-state index in [1.807, 2.05) is 35.7 Å². The molecule has 0 fully saturated rings. The highest BCUT2D eigenvalue weighted by molar-refractivity contribution is 7.15. The molecule has 0 spiro atoms. The average molecular weight is 472 g/mol. The van der Waals surface area contributed by atoms with E-state index in [2.05, 4.69) is 13.0 Å². The van der Waals surface area contributed by atoms with Gasteiger partial charge < -0.3 is 9.47 Å². The van der Waals surface area contributed by atoms with Gasteiger partial charge in [-0.2, -0.15) is 5.26 Å². The molecule has 0 unspecified atom stereocenters. The lowest BCUT2D eigenvalue weighted by Gasteiger charge is -2.13. The first-order valence-corrected chi connectivity index (χ1v) is 12.0. The monoisotopic (exact) mass is 471 g/mol. The fourth-order valence-corrected chi connectivity index (χ4v) is 4.39. The van der Waals surface area contributed by atoms with E-state index in [9.17, 15) is 4.79 Å². The molecule has 172 valence electrons. The summed E-state index contributed by atoms with van der Waals surface area (Å²) >= 11 is 1.40. The van der Waals surface area contributed by atoms with Gasteiger partial charge in [0.05, 0.1) is 36.6 Å². The summed E-state index contributed by atoms with van der Waals surface area (Å²) in [6.45, 7) is 2.76. The number of para-hydroxylation sites is 1. The average Bonchev–Trinajstić information content (AvgIpc) is 3.35. The Morgan fingerprint density at radius 1 is 1.15 bits per heavy atom. The van der Waals surface area contributed by atoms with Gasteiger partial charge in [-0.25, -0.2) is 4.98 Å². The van der Waals surface area contributed by atoms with Crippen LogP contribution in [0.5, 0.6) is 11.5 Å². The van der Waals surface area contributed by atoms with Crippen molar-refractivity contribution in [3.05, 3.63) is 81.2 Å². The molecule has 0 saturated heterocycles. The molecule has 4 rings (SSSR count). The third-order valence-corrected chi connectivity index (χ3v) is 6.20. The Morgan fingerprint density at radius 2 is 1.97 bits per heavy atom. The highest BCUT2D eigenvalue weighted by Crippen LogP contribution is 2.33. The molecule has 34 heavy (non-hydrogen) atoms. The zero-order chi connectivity index (χ0) is 23.9. The van der Waals surface area contributed by atoms with Crippen molar-refractivity contribution in [3.63, 3.8) is 0 Å². The van der Waals surface area contributed by atoms with E-state index in [0.717, 1.165) is 24.8 Å². The Balaban J connectivity index is 1.78. The summed E-state index contributed by atoms with van der Waals surface area (Å²) in [5.41, 5.74) is 2.96. The number of aromatic nitrogens is 2. The summed E-state index contributed by atoms with van der Waals surface area (Å²) in [6.07, 6.45) is 8.64. The maximum absolute atomic E-state index is 13.3. The first kappa shape index (κ1) is 23.3. The van der Waals surface area contributed by atoms with Gasteiger partial charge in [-0.1, -0.05) is 44.0 Å². The molecule has 0 N–H and O–H groups in total. The number of nitriles is 1. The number of benzene rings is 2. The molecule has 0 aliphatic carbocycles. The Bertz CT molecular complexity index is 1410. The fourth-order valence-electron chi connectivity index (χ4n) is 3.67. The number of nitrogens with zero attached hydrogens (tertiary/aromatic N) is 3. The molecule has 0 bridgehead atoms. The largest absolute Gasteiger partial charge is 0.493 e. The Labute approximate surface area is 202 Å². The Hall–Kier alpha value is -3.89. The van der Waals surface area contributed by atoms with Crippen molar-refractivity contribution in [1.29, 1.82) is 5.26 Å². The Kier molecular flexibility index (Phi) is 7.41. The number of fused-ring (bicyclic) bond motifs is 1. The summed E-state index contributed by atoms with van der Waals surface area (Å²) in [6, 6.07) is 14.8. The van der Waals surface area contributed by atoms with Crippen molar-refractivity contribution in [2.45, 2.75) is 26.2 Å². The van der Waals surface area contributed by atoms with Crippen LogP contribution in [0.25, 0.3) is 28.2 Å². The minimum atomic E-state index is -0.155. The highest BCUT2D eigenvalue weighted by atomic mass is 32.1.